The molecule has 0 aliphatic heterocycles. The van der Waals surface area contributed by atoms with Crippen LogP contribution in [0.4, 0.5) is 0 Å². The second-order valence-electron chi connectivity index (χ2n) is 2.81. The molecule has 2 nitrogen and oxygen atoms in total. The molecule has 0 fully saturated rings. The zero-order valence-electron chi connectivity index (χ0n) is 7.17. The van der Waals surface area contributed by atoms with E-state index >= 15 is 0 Å². The summed E-state index contributed by atoms with van der Waals surface area (Å²) in [6.07, 6.45) is 7.69. The first-order chi connectivity index (χ1) is 6.06. The molecule has 0 heterocycles. The van der Waals surface area contributed by atoms with Gasteiger partial charge in [-0.25, -0.2) is 0 Å². The number of rotatable bonds is 2. The van der Waals surface area contributed by atoms with Gasteiger partial charge in [0.2, 0.25) is 0 Å². The number of ether oxygens (including phenoxy) is 1. The Kier molecular flexibility index (Phi) is 3.56. The monoisotopic (exact) mass is 264 g/mol. The van der Waals surface area contributed by atoms with Crippen LogP contribution in [-0.2, 0) is 9.53 Å². The summed E-state index contributed by atoms with van der Waals surface area (Å²) in [7, 11) is 1.37. The molecule has 0 saturated carbocycles. The molecule has 0 aromatic carbocycles. The van der Waals surface area contributed by atoms with E-state index in [1.165, 1.54) is 7.11 Å². The van der Waals surface area contributed by atoms with Crippen LogP contribution in [0, 0.1) is 5.92 Å². The standard InChI is InChI=1S/C9H10BrClO2/c1-13-8(12)6-7-4-2-3-5-9(7,10)11/h2-5,7H,6H2,1H3. The van der Waals surface area contributed by atoms with Crippen molar-refractivity contribution in [2.24, 2.45) is 5.92 Å². The highest BCUT2D eigenvalue weighted by molar-refractivity contribution is 9.10. The lowest BCUT2D eigenvalue weighted by Crippen LogP contribution is -2.25. The first kappa shape index (κ1) is 10.8. The molecule has 0 amide bonds. The number of halogens is 2. The van der Waals surface area contributed by atoms with E-state index < -0.39 is 3.78 Å². The lowest BCUT2D eigenvalue weighted by atomic mass is 9.97. The van der Waals surface area contributed by atoms with Gasteiger partial charge in [0.05, 0.1) is 13.5 Å². The quantitative estimate of drug-likeness (QED) is 0.567. The summed E-state index contributed by atoms with van der Waals surface area (Å²) in [4.78, 5) is 11.0. The van der Waals surface area contributed by atoms with Crippen molar-refractivity contribution in [3.8, 4) is 0 Å². The minimum atomic E-state index is -0.657. The molecule has 0 radical (unpaired) electrons. The Balaban J connectivity index is 2.64. The van der Waals surface area contributed by atoms with Gasteiger partial charge in [0.1, 0.15) is 3.78 Å². The molecule has 4 heteroatoms. The topological polar surface area (TPSA) is 26.3 Å². The largest absolute Gasteiger partial charge is 0.469 e. The number of methoxy groups -OCH3 is 1. The molecular weight excluding hydrogens is 255 g/mol. The van der Waals surface area contributed by atoms with E-state index in [0.29, 0.717) is 0 Å². The predicted octanol–water partition coefficient (Wildman–Crippen LogP) is 2.62. The van der Waals surface area contributed by atoms with Crippen molar-refractivity contribution in [1.29, 1.82) is 0 Å². The summed E-state index contributed by atoms with van der Waals surface area (Å²) in [6, 6.07) is 0. The molecule has 0 spiro atoms. The van der Waals surface area contributed by atoms with Gasteiger partial charge in [0.15, 0.2) is 0 Å². The van der Waals surface area contributed by atoms with Crippen molar-refractivity contribution in [1.82, 2.24) is 0 Å². The van der Waals surface area contributed by atoms with Crippen LogP contribution in [0.2, 0.25) is 0 Å². The highest BCUT2D eigenvalue weighted by Crippen LogP contribution is 2.39. The maximum Gasteiger partial charge on any atom is 0.306 e. The van der Waals surface area contributed by atoms with Crippen molar-refractivity contribution in [2.45, 2.75) is 10.2 Å². The van der Waals surface area contributed by atoms with E-state index in [2.05, 4.69) is 20.7 Å². The Bertz CT molecular complexity index is 258. The van der Waals surface area contributed by atoms with E-state index in [-0.39, 0.29) is 18.3 Å². The molecule has 13 heavy (non-hydrogen) atoms. The molecule has 72 valence electrons. The van der Waals surface area contributed by atoms with Gasteiger partial charge >= 0.3 is 5.97 Å². The second kappa shape index (κ2) is 4.29. The first-order valence-corrected chi connectivity index (χ1v) is 5.04. The molecule has 0 aromatic heterocycles. The first-order valence-electron chi connectivity index (χ1n) is 3.87. The summed E-state index contributed by atoms with van der Waals surface area (Å²) in [5.41, 5.74) is 0. The van der Waals surface area contributed by atoms with Crippen molar-refractivity contribution in [3.63, 3.8) is 0 Å². The van der Waals surface area contributed by atoms with Crippen LogP contribution in [0.25, 0.3) is 0 Å². The normalized spacial score (nSPS) is 31.8. The molecule has 1 aliphatic rings. The zero-order valence-corrected chi connectivity index (χ0v) is 9.51. The number of esters is 1. The summed E-state index contributed by atoms with van der Waals surface area (Å²) in [5.74, 6) is -0.318. The molecule has 0 aromatic rings. The maximum atomic E-state index is 11.0. The summed E-state index contributed by atoms with van der Waals surface area (Å²) < 4.78 is 3.91. The van der Waals surface area contributed by atoms with Crippen LogP contribution in [0.5, 0.6) is 0 Å². The SMILES string of the molecule is COC(=O)CC1C=CC=CC1(Cl)Br. The minimum Gasteiger partial charge on any atom is -0.469 e. The fourth-order valence-corrected chi connectivity index (χ4v) is 1.79. The fraction of sp³-hybridized carbons (Fsp3) is 0.444. The fourth-order valence-electron chi connectivity index (χ4n) is 1.10. The molecule has 2 atom stereocenters. The van der Waals surface area contributed by atoms with Crippen molar-refractivity contribution < 1.29 is 9.53 Å². The van der Waals surface area contributed by atoms with Gasteiger partial charge in [-0.2, -0.15) is 0 Å². The highest BCUT2D eigenvalue weighted by Gasteiger charge is 2.32. The van der Waals surface area contributed by atoms with Crippen LogP contribution >= 0.6 is 27.5 Å². The van der Waals surface area contributed by atoms with Crippen LogP contribution in [0.15, 0.2) is 24.3 Å². The average Bonchev–Trinajstić information content (AvgIpc) is 2.08. The van der Waals surface area contributed by atoms with Gasteiger partial charge in [-0.15, -0.1) is 11.6 Å². The van der Waals surface area contributed by atoms with Gasteiger partial charge in [-0.3, -0.25) is 4.79 Å². The number of hydrogen-bond donors (Lipinski definition) is 0. The van der Waals surface area contributed by atoms with Crippen LogP contribution in [-0.4, -0.2) is 16.9 Å². The molecular formula is C9H10BrClO2. The van der Waals surface area contributed by atoms with E-state index in [1.54, 1.807) is 0 Å². The second-order valence-corrected chi connectivity index (χ2v) is 5.20. The van der Waals surface area contributed by atoms with Crippen LogP contribution in [0.3, 0.4) is 0 Å². The molecule has 2 unspecified atom stereocenters. The summed E-state index contributed by atoms with van der Waals surface area (Å²) >= 11 is 9.45. The third kappa shape index (κ3) is 2.85. The Morgan fingerprint density at radius 3 is 2.92 bits per heavy atom. The van der Waals surface area contributed by atoms with E-state index in [0.717, 1.165) is 0 Å². The predicted molar refractivity (Wildman–Crippen MR) is 55.9 cm³/mol. The Hall–Kier alpha value is -0.280. The van der Waals surface area contributed by atoms with E-state index in [1.807, 2.05) is 24.3 Å². The summed E-state index contributed by atoms with van der Waals surface area (Å²) in [6.45, 7) is 0. The van der Waals surface area contributed by atoms with Gasteiger partial charge in [-0.05, 0) is 0 Å². The Labute approximate surface area is 90.7 Å². The number of carbonyl (C=O) groups excluding carboxylic acids is 1. The van der Waals surface area contributed by atoms with Gasteiger partial charge in [0.25, 0.3) is 0 Å². The van der Waals surface area contributed by atoms with Crippen molar-refractivity contribution >= 4 is 33.5 Å². The maximum absolute atomic E-state index is 11.0. The lowest BCUT2D eigenvalue weighted by Gasteiger charge is -2.25. The molecule has 0 saturated heterocycles. The Morgan fingerprint density at radius 2 is 2.38 bits per heavy atom. The molecule has 0 N–H and O–H groups in total. The van der Waals surface area contributed by atoms with Crippen LogP contribution in [0.1, 0.15) is 6.42 Å². The van der Waals surface area contributed by atoms with E-state index in [9.17, 15) is 4.79 Å². The molecule has 1 aliphatic carbocycles. The lowest BCUT2D eigenvalue weighted by molar-refractivity contribution is -0.141. The molecule has 0 bridgehead atoms. The van der Waals surface area contributed by atoms with Gasteiger partial charge < -0.3 is 4.74 Å². The van der Waals surface area contributed by atoms with E-state index in [4.69, 9.17) is 11.6 Å². The number of carbonyl (C=O) groups is 1. The van der Waals surface area contributed by atoms with Gasteiger partial charge in [-0.1, -0.05) is 40.2 Å². The third-order valence-electron chi connectivity index (χ3n) is 1.88. The number of allylic oxidation sites excluding steroid dienone is 4. The highest BCUT2D eigenvalue weighted by atomic mass is 79.9. The third-order valence-corrected chi connectivity index (χ3v) is 3.14. The minimum absolute atomic E-state index is 0.0633. The Morgan fingerprint density at radius 1 is 1.69 bits per heavy atom. The number of alkyl halides is 2. The van der Waals surface area contributed by atoms with Crippen molar-refractivity contribution in [2.75, 3.05) is 7.11 Å². The summed E-state index contributed by atoms with van der Waals surface area (Å²) in [5, 5.41) is 0. The van der Waals surface area contributed by atoms with Gasteiger partial charge in [0, 0.05) is 5.92 Å². The van der Waals surface area contributed by atoms with Crippen molar-refractivity contribution in [3.05, 3.63) is 24.3 Å². The number of hydrogen-bond acceptors (Lipinski definition) is 2. The average molecular weight is 266 g/mol. The van der Waals surface area contributed by atoms with Crippen LogP contribution < -0.4 is 0 Å². The zero-order chi connectivity index (χ0) is 9.90. The smallest absolute Gasteiger partial charge is 0.306 e. The molecule has 1 rings (SSSR count).